The first-order valence-electron chi connectivity index (χ1n) is 4.41. The molecule has 0 unspecified atom stereocenters. The van der Waals surface area contributed by atoms with Crippen molar-refractivity contribution in [2.75, 3.05) is 6.67 Å². The summed E-state index contributed by atoms with van der Waals surface area (Å²) in [6.07, 6.45) is 0.645. The fraction of sp³-hybridized carbons (Fsp3) is 0.889. The standard InChI is InChI=1S/C9H18FNO2/c1-9(2,3)13-8(12)7(11)5-4-6-10/h7H,4-6,11H2,1-3H3/t7-/m1/s1. The zero-order valence-corrected chi connectivity index (χ0v) is 8.47. The fourth-order valence-corrected chi connectivity index (χ4v) is 0.792. The third-order valence-corrected chi connectivity index (χ3v) is 1.36. The molecular weight excluding hydrogens is 173 g/mol. The van der Waals surface area contributed by atoms with Gasteiger partial charge in [-0.15, -0.1) is 0 Å². The number of rotatable bonds is 4. The summed E-state index contributed by atoms with van der Waals surface area (Å²) >= 11 is 0. The number of carbonyl (C=O) groups excluding carboxylic acids is 1. The van der Waals surface area contributed by atoms with E-state index in [0.29, 0.717) is 12.8 Å². The first-order valence-corrected chi connectivity index (χ1v) is 4.41. The quantitative estimate of drug-likeness (QED) is 0.683. The van der Waals surface area contributed by atoms with Gasteiger partial charge in [-0.05, 0) is 33.6 Å². The second-order valence-electron chi connectivity index (χ2n) is 3.97. The molecule has 0 spiro atoms. The number of carbonyl (C=O) groups is 1. The fourth-order valence-electron chi connectivity index (χ4n) is 0.792. The molecule has 2 N–H and O–H groups in total. The first kappa shape index (κ1) is 12.4. The Labute approximate surface area is 78.4 Å². The lowest BCUT2D eigenvalue weighted by molar-refractivity contribution is -0.156. The summed E-state index contributed by atoms with van der Waals surface area (Å²) < 4.78 is 16.8. The van der Waals surface area contributed by atoms with Crippen LogP contribution in [0.3, 0.4) is 0 Å². The lowest BCUT2D eigenvalue weighted by Crippen LogP contribution is -2.37. The van der Waals surface area contributed by atoms with Crippen molar-refractivity contribution in [3.63, 3.8) is 0 Å². The van der Waals surface area contributed by atoms with Crippen LogP contribution in [0.5, 0.6) is 0 Å². The maximum atomic E-state index is 11.7. The molecule has 0 aliphatic rings. The van der Waals surface area contributed by atoms with Crippen LogP contribution >= 0.6 is 0 Å². The van der Waals surface area contributed by atoms with Crippen molar-refractivity contribution in [1.82, 2.24) is 0 Å². The van der Waals surface area contributed by atoms with Gasteiger partial charge in [-0.2, -0.15) is 0 Å². The Bertz CT molecular complexity index is 165. The van der Waals surface area contributed by atoms with Gasteiger partial charge >= 0.3 is 5.97 Å². The SMILES string of the molecule is CC(C)(C)OC(=O)[C@H](N)CCCF. The summed E-state index contributed by atoms with van der Waals surface area (Å²) in [5.74, 6) is -0.457. The van der Waals surface area contributed by atoms with Crippen LogP contribution in [-0.4, -0.2) is 24.3 Å². The molecular formula is C9H18FNO2. The van der Waals surface area contributed by atoms with Gasteiger partial charge in [0.15, 0.2) is 0 Å². The molecule has 4 heteroatoms. The smallest absolute Gasteiger partial charge is 0.323 e. The van der Waals surface area contributed by atoms with Crippen LogP contribution in [0.2, 0.25) is 0 Å². The highest BCUT2D eigenvalue weighted by molar-refractivity contribution is 5.75. The summed E-state index contributed by atoms with van der Waals surface area (Å²) in [5, 5.41) is 0. The normalized spacial score (nSPS) is 13.9. The van der Waals surface area contributed by atoms with E-state index in [0.717, 1.165) is 0 Å². The van der Waals surface area contributed by atoms with Gasteiger partial charge in [0, 0.05) is 0 Å². The Hall–Kier alpha value is -0.640. The van der Waals surface area contributed by atoms with Gasteiger partial charge in [-0.1, -0.05) is 0 Å². The third kappa shape index (κ3) is 6.51. The minimum Gasteiger partial charge on any atom is -0.459 e. The van der Waals surface area contributed by atoms with Crippen LogP contribution in [0.25, 0.3) is 0 Å². The van der Waals surface area contributed by atoms with E-state index in [9.17, 15) is 9.18 Å². The molecule has 78 valence electrons. The average molecular weight is 191 g/mol. The molecule has 0 aliphatic heterocycles. The minimum absolute atomic E-state index is 0.306. The Balaban J connectivity index is 3.83. The highest BCUT2D eigenvalue weighted by Crippen LogP contribution is 2.09. The Morgan fingerprint density at radius 1 is 1.54 bits per heavy atom. The Morgan fingerprint density at radius 3 is 2.46 bits per heavy atom. The number of alkyl halides is 1. The van der Waals surface area contributed by atoms with E-state index in [1.165, 1.54) is 0 Å². The Kier molecular flexibility index (Phi) is 4.91. The Morgan fingerprint density at radius 2 is 2.08 bits per heavy atom. The molecule has 0 aromatic heterocycles. The van der Waals surface area contributed by atoms with Crippen LogP contribution in [0.4, 0.5) is 4.39 Å². The molecule has 0 amide bonds. The number of hydrogen-bond donors (Lipinski definition) is 1. The molecule has 0 heterocycles. The number of esters is 1. The predicted molar refractivity (Wildman–Crippen MR) is 49.0 cm³/mol. The second kappa shape index (κ2) is 5.17. The van der Waals surface area contributed by atoms with Gasteiger partial charge in [-0.25, -0.2) is 0 Å². The van der Waals surface area contributed by atoms with E-state index in [1.54, 1.807) is 20.8 Å². The van der Waals surface area contributed by atoms with Crippen molar-refractivity contribution in [1.29, 1.82) is 0 Å². The van der Waals surface area contributed by atoms with Crippen molar-refractivity contribution >= 4 is 5.97 Å². The summed E-state index contributed by atoms with van der Waals surface area (Å²) in [7, 11) is 0. The monoisotopic (exact) mass is 191 g/mol. The number of halogens is 1. The first-order chi connectivity index (χ1) is 5.87. The maximum Gasteiger partial charge on any atom is 0.323 e. The van der Waals surface area contributed by atoms with Gasteiger partial charge in [0.25, 0.3) is 0 Å². The van der Waals surface area contributed by atoms with Gasteiger partial charge in [-0.3, -0.25) is 9.18 Å². The molecule has 0 rings (SSSR count). The number of nitrogens with two attached hydrogens (primary N) is 1. The zero-order chi connectivity index (χ0) is 10.5. The van der Waals surface area contributed by atoms with Crippen LogP contribution < -0.4 is 5.73 Å². The zero-order valence-electron chi connectivity index (χ0n) is 8.47. The van der Waals surface area contributed by atoms with E-state index >= 15 is 0 Å². The molecule has 0 saturated heterocycles. The van der Waals surface area contributed by atoms with E-state index < -0.39 is 24.3 Å². The van der Waals surface area contributed by atoms with Crippen LogP contribution in [0.1, 0.15) is 33.6 Å². The van der Waals surface area contributed by atoms with Gasteiger partial charge in [0.1, 0.15) is 11.6 Å². The van der Waals surface area contributed by atoms with Crippen LogP contribution in [0.15, 0.2) is 0 Å². The molecule has 0 aromatic carbocycles. The number of ether oxygens (including phenoxy) is 1. The van der Waals surface area contributed by atoms with E-state index in [1.807, 2.05) is 0 Å². The maximum absolute atomic E-state index is 11.7. The lowest BCUT2D eigenvalue weighted by Gasteiger charge is -2.21. The van der Waals surface area contributed by atoms with Crippen LogP contribution in [0, 0.1) is 0 Å². The van der Waals surface area contributed by atoms with E-state index in [-0.39, 0.29) is 0 Å². The minimum atomic E-state index is -0.699. The van der Waals surface area contributed by atoms with Crippen molar-refractivity contribution < 1.29 is 13.9 Å². The summed E-state index contributed by atoms with van der Waals surface area (Å²) in [6, 6.07) is -0.699. The van der Waals surface area contributed by atoms with Crippen LogP contribution in [-0.2, 0) is 9.53 Å². The van der Waals surface area contributed by atoms with Gasteiger partial charge in [0.2, 0.25) is 0 Å². The molecule has 0 saturated carbocycles. The molecule has 13 heavy (non-hydrogen) atoms. The summed E-state index contributed by atoms with van der Waals surface area (Å²) in [4.78, 5) is 11.2. The van der Waals surface area contributed by atoms with Crippen molar-refractivity contribution in [2.45, 2.75) is 45.3 Å². The molecule has 3 nitrogen and oxygen atoms in total. The lowest BCUT2D eigenvalue weighted by atomic mass is 10.1. The van der Waals surface area contributed by atoms with Crippen molar-refractivity contribution in [2.24, 2.45) is 5.73 Å². The summed E-state index contributed by atoms with van der Waals surface area (Å²) in [5.41, 5.74) is 4.95. The molecule has 0 aromatic rings. The second-order valence-corrected chi connectivity index (χ2v) is 3.97. The highest BCUT2D eigenvalue weighted by Gasteiger charge is 2.21. The number of hydrogen-bond acceptors (Lipinski definition) is 3. The topological polar surface area (TPSA) is 52.3 Å². The average Bonchev–Trinajstić information content (AvgIpc) is 1.96. The third-order valence-electron chi connectivity index (χ3n) is 1.36. The molecule has 1 atom stereocenters. The van der Waals surface area contributed by atoms with Crippen molar-refractivity contribution in [3.05, 3.63) is 0 Å². The molecule has 0 radical (unpaired) electrons. The van der Waals surface area contributed by atoms with Gasteiger partial charge < -0.3 is 10.5 Å². The molecule has 0 aliphatic carbocycles. The summed E-state index contributed by atoms with van der Waals surface area (Å²) in [6.45, 7) is 4.86. The van der Waals surface area contributed by atoms with Crippen molar-refractivity contribution in [3.8, 4) is 0 Å². The molecule has 0 bridgehead atoms. The van der Waals surface area contributed by atoms with Gasteiger partial charge in [0.05, 0.1) is 6.67 Å². The molecule has 0 fully saturated rings. The largest absolute Gasteiger partial charge is 0.459 e. The van der Waals surface area contributed by atoms with E-state index in [4.69, 9.17) is 10.5 Å². The predicted octanol–water partition coefficient (Wildman–Crippen LogP) is 1.41. The van der Waals surface area contributed by atoms with E-state index in [2.05, 4.69) is 0 Å². The highest BCUT2D eigenvalue weighted by atomic mass is 19.1.